The molecule has 0 radical (unpaired) electrons. The second-order valence-electron chi connectivity index (χ2n) is 6.00. The molecule has 0 aliphatic carbocycles. The molecule has 0 aliphatic rings. The lowest BCUT2D eigenvalue weighted by Gasteiger charge is -2.14. The third-order valence-electron chi connectivity index (χ3n) is 3.88. The van der Waals surface area contributed by atoms with Crippen LogP contribution in [0.4, 0.5) is 0 Å². The van der Waals surface area contributed by atoms with E-state index in [4.69, 9.17) is 11.6 Å². The van der Waals surface area contributed by atoms with Crippen LogP contribution in [0.25, 0.3) is 5.65 Å². The number of halogens is 1. The second kappa shape index (κ2) is 6.61. The first-order valence-electron chi connectivity index (χ1n) is 7.82. The number of aryl methyl sites for hydroxylation is 2. The lowest BCUT2D eigenvalue weighted by atomic mass is 10.1. The highest BCUT2D eigenvalue weighted by Crippen LogP contribution is 2.17. The molecule has 2 aromatic heterocycles. The second-order valence-corrected chi connectivity index (χ2v) is 6.41. The molecular formula is C18H19ClN4O. The van der Waals surface area contributed by atoms with Gasteiger partial charge in [0.05, 0.1) is 6.20 Å². The number of aromatic nitrogens is 3. The number of nitrogens with one attached hydrogen (secondary N) is 1. The Balaban J connectivity index is 1.79. The Morgan fingerprint density at radius 1 is 1.33 bits per heavy atom. The van der Waals surface area contributed by atoms with Crippen molar-refractivity contribution in [2.45, 2.75) is 33.2 Å². The third-order valence-corrected chi connectivity index (χ3v) is 4.25. The van der Waals surface area contributed by atoms with Gasteiger partial charge in [0, 0.05) is 22.5 Å². The molecule has 0 unspecified atom stereocenters. The van der Waals surface area contributed by atoms with Crippen LogP contribution in [0.3, 0.4) is 0 Å². The number of amides is 1. The van der Waals surface area contributed by atoms with E-state index in [2.05, 4.69) is 15.4 Å². The zero-order valence-electron chi connectivity index (χ0n) is 13.9. The fraction of sp³-hybridized carbons (Fsp3) is 0.278. The molecule has 1 N–H and O–H groups in total. The lowest BCUT2D eigenvalue weighted by Crippen LogP contribution is -2.34. The van der Waals surface area contributed by atoms with Crippen molar-refractivity contribution in [1.29, 1.82) is 0 Å². The van der Waals surface area contributed by atoms with Crippen molar-refractivity contribution in [2.24, 2.45) is 0 Å². The van der Waals surface area contributed by atoms with Crippen LogP contribution in [0.1, 0.15) is 34.2 Å². The van der Waals surface area contributed by atoms with Gasteiger partial charge in [0.15, 0.2) is 5.65 Å². The molecule has 0 saturated heterocycles. The summed E-state index contributed by atoms with van der Waals surface area (Å²) >= 11 is 6.18. The van der Waals surface area contributed by atoms with E-state index < -0.39 is 0 Å². The van der Waals surface area contributed by atoms with Gasteiger partial charge in [-0.25, -0.2) is 9.50 Å². The Morgan fingerprint density at radius 2 is 2.08 bits per heavy atom. The predicted molar refractivity (Wildman–Crippen MR) is 94.5 cm³/mol. The van der Waals surface area contributed by atoms with E-state index in [-0.39, 0.29) is 11.9 Å². The van der Waals surface area contributed by atoms with Crippen molar-refractivity contribution >= 4 is 23.2 Å². The summed E-state index contributed by atoms with van der Waals surface area (Å²) in [5.74, 6) is -0.179. The minimum atomic E-state index is -0.179. The molecule has 5 nitrogen and oxygen atoms in total. The standard InChI is InChI=1S/C18H19ClN4O/c1-11-8-13(3)23-17(21-11)15(10-20-23)18(24)22-12(2)9-14-6-4-5-7-16(14)19/h4-8,10,12H,9H2,1-3H3,(H,22,24)/t12-/m1/s1. The Morgan fingerprint density at radius 3 is 2.83 bits per heavy atom. The van der Waals surface area contributed by atoms with Crippen LogP contribution in [0.5, 0.6) is 0 Å². The highest BCUT2D eigenvalue weighted by Gasteiger charge is 2.17. The predicted octanol–water partition coefficient (Wildman–Crippen LogP) is 3.36. The topological polar surface area (TPSA) is 59.3 Å². The first kappa shape index (κ1) is 16.5. The average Bonchev–Trinajstić information content (AvgIpc) is 2.93. The van der Waals surface area contributed by atoms with E-state index in [9.17, 15) is 4.79 Å². The van der Waals surface area contributed by atoms with E-state index in [1.807, 2.05) is 51.1 Å². The van der Waals surface area contributed by atoms with E-state index >= 15 is 0 Å². The van der Waals surface area contributed by atoms with Gasteiger partial charge in [0.1, 0.15) is 5.56 Å². The third kappa shape index (κ3) is 3.26. The van der Waals surface area contributed by atoms with E-state index in [0.29, 0.717) is 22.7 Å². The van der Waals surface area contributed by atoms with Gasteiger partial charge in [-0.15, -0.1) is 0 Å². The van der Waals surface area contributed by atoms with E-state index in [1.54, 1.807) is 10.7 Å². The van der Waals surface area contributed by atoms with Crippen LogP contribution in [0, 0.1) is 13.8 Å². The normalized spacial score (nSPS) is 12.3. The number of hydrogen-bond donors (Lipinski definition) is 1. The molecule has 0 bridgehead atoms. The largest absolute Gasteiger partial charge is 0.349 e. The molecule has 6 heteroatoms. The van der Waals surface area contributed by atoms with Gasteiger partial charge in [0.25, 0.3) is 5.91 Å². The fourth-order valence-corrected chi connectivity index (χ4v) is 2.99. The number of benzene rings is 1. The molecule has 1 atom stereocenters. The molecule has 2 heterocycles. The van der Waals surface area contributed by atoms with E-state index in [0.717, 1.165) is 17.0 Å². The number of nitrogens with zero attached hydrogens (tertiary/aromatic N) is 3. The maximum absolute atomic E-state index is 12.6. The zero-order chi connectivity index (χ0) is 17.3. The highest BCUT2D eigenvalue weighted by atomic mass is 35.5. The Kier molecular flexibility index (Phi) is 4.53. The molecule has 0 spiro atoms. The van der Waals surface area contributed by atoms with Crippen molar-refractivity contribution in [1.82, 2.24) is 19.9 Å². The van der Waals surface area contributed by atoms with Gasteiger partial charge >= 0.3 is 0 Å². The summed E-state index contributed by atoms with van der Waals surface area (Å²) in [6, 6.07) is 9.53. The summed E-state index contributed by atoms with van der Waals surface area (Å²) in [4.78, 5) is 17.0. The van der Waals surface area contributed by atoms with Crippen molar-refractivity contribution in [3.63, 3.8) is 0 Å². The first-order valence-corrected chi connectivity index (χ1v) is 8.19. The summed E-state index contributed by atoms with van der Waals surface area (Å²) in [5, 5.41) is 7.97. The van der Waals surface area contributed by atoms with Crippen LogP contribution in [-0.2, 0) is 6.42 Å². The average molecular weight is 343 g/mol. The summed E-state index contributed by atoms with van der Waals surface area (Å²) < 4.78 is 1.68. The Hall–Kier alpha value is -2.40. The minimum absolute atomic E-state index is 0.0572. The van der Waals surface area contributed by atoms with E-state index in [1.165, 1.54) is 0 Å². The number of carbonyl (C=O) groups excluding carboxylic acids is 1. The number of hydrogen-bond acceptors (Lipinski definition) is 3. The quantitative estimate of drug-likeness (QED) is 0.791. The molecule has 24 heavy (non-hydrogen) atoms. The molecule has 124 valence electrons. The van der Waals surface area contributed by atoms with Crippen molar-refractivity contribution < 1.29 is 4.79 Å². The van der Waals surface area contributed by atoms with Crippen molar-refractivity contribution in [3.05, 3.63) is 64.1 Å². The summed E-state index contributed by atoms with van der Waals surface area (Å²) in [5.41, 5.74) is 3.87. The highest BCUT2D eigenvalue weighted by molar-refractivity contribution is 6.31. The van der Waals surface area contributed by atoms with Crippen LogP contribution in [0.2, 0.25) is 5.02 Å². The Bertz CT molecular complexity index is 903. The van der Waals surface area contributed by atoms with Gasteiger partial charge in [-0.3, -0.25) is 4.79 Å². The monoisotopic (exact) mass is 342 g/mol. The molecule has 1 amide bonds. The zero-order valence-corrected chi connectivity index (χ0v) is 14.6. The lowest BCUT2D eigenvalue weighted by molar-refractivity contribution is 0.0941. The molecule has 0 aliphatic heterocycles. The molecule has 0 saturated carbocycles. The fourth-order valence-electron chi connectivity index (χ4n) is 2.78. The molecule has 3 rings (SSSR count). The van der Waals surface area contributed by atoms with Crippen LogP contribution >= 0.6 is 11.6 Å². The van der Waals surface area contributed by atoms with Crippen LogP contribution in [0.15, 0.2) is 36.5 Å². The number of rotatable bonds is 4. The number of carbonyl (C=O) groups is 1. The minimum Gasteiger partial charge on any atom is -0.349 e. The maximum Gasteiger partial charge on any atom is 0.256 e. The summed E-state index contributed by atoms with van der Waals surface area (Å²) in [7, 11) is 0. The first-order chi connectivity index (χ1) is 11.5. The summed E-state index contributed by atoms with van der Waals surface area (Å²) in [6.45, 7) is 5.80. The molecule has 3 aromatic rings. The number of fused-ring (bicyclic) bond motifs is 1. The Labute approximate surface area is 145 Å². The molecule has 1 aromatic carbocycles. The van der Waals surface area contributed by atoms with Crippen molar-refractivity contribution in [3.8, 4) is 0 Å². The van der Waals surface area contributed by atoms with Gasteiger partial charge in [-0.05, 0) is 44.9 Å². The molecular weight excluding hydrogens is 324 g/mol. The smallest absolute Gasteiger partial charge is 0.256 e. The van der Waals surface area contributed by atoms with Crippen molar-refractivity contribution in [2.75, 3.05) is 0 Å². The van der Waals surface area contributed by atoms with Gasteiger partial charge in [0.2, 0.25) is 0 Å². The van der Waals surface area contributed by atoms with Gasteiger partial charge < -0.3 is 5.32 Å². The summed E-state index contributed by atoms with van der Waals surface area (Å²) in [6.07, 6.45) is 2.22. The van der Waals surface area contributed by atoms with Gasteiger partial charge in [-0.2, -0.15) is 5.10 Å². The van der Waals surface area contributed by atoms with Crippen LogP contribution in [-0.4, -0.2) is 26.5 Å². The van der Waals surface area contributed by atoms with Crippen LogP contribution < -0.4 is 5.32 Å². The maximum atomic E-state index is 12.6. The SMILES string of the molecule is Cc1cc(C)n2ncc(C(=O)N[C@H](C)Cc3ccccc3Cl)c2n1. The molecule has 0 fully saturated rings. The van der Waals surface area contributed by atoms with Gasteiger partial charge in [-0.1, -0.05) is 29.8 Å².